The molecule has 2 bridgehead atoms. The minimum atomic E-state index is -1.57. The van der Waals surface area contributed by atoms with E-state index in [1.165, 1.54) is 18.7 Å². The molecule has 2 aromatic carbocycles. The minimum Gasteiger partial charge on any atom is -0.422 e. The first kappa shape index (κ1) is 21.1. The lowest BCUT2D eigenvalue weighted by atomic mass is 9.76. The molecule has 0 radical (unpaired) electrons. The maximum atomic E-state index is 13.8. The van der Waals surface area contributed by atoms with Gasteiger partial charge in [-0.3, -0.25) is 19.2 Å². The molecule has 4 unspecified atom stereocenters. The fourth-order valence-corrected chi connectivity index (χ4v) is 4.98. The zero-order valence-corrected chi connectivity index (χ0v) is 18.0. The monoisotopic (exact) mass is 447 g/mol. The van der Waals surface area contributed by atoms with Crippen molar-refractivity contribution < 1.29 is 33.4 Å². The van der Waals surface area contributed by atoms with E-state index in [0.29, 0.717) is 5.69 Å². The molecule has 8 nitrogen and oxygen atoms in total. The van der Waals surface area contributed by atoms with Gasteiger partial charge in [0.05, 0.1) is 23.6 Å². The number of esters is 2. The number of hydrogen-bond acceptors (Lipinski definition) is 7. The molecule has 0 aromatic heterocycles. The Morgan fingerprint density at radius 1 is 0.939 bits per heavy atom. The van der Waals surface area contributed by atoms with Gasteiger partial charge in [0.15, 0.2) is 5.60 Å². The average molecular weight is 447 g/mol. The number of amides is 2. The zero-order chi connectivity index (χ0) is 23.3. The van der Waals surface area contributed by atoms with Crippen LogP contribution in [0.4, 0.5) is 5.69 Å². The van der Waals surface area contributed by atoms with Gasteiger partial charge in [0, 0.05) is 19.4 Å². The van der Waals surface area contributed by atoms with Crippen LogP contribution in [-0.4, -0.2) is 41.7 Å². The molecule has 3 aliphatic heterocycles. The van der Waals surface area contributed by atoms with Gasteiger partial charge in [-0.25, -0.2) is 4.90 Å². The van der Waals surface area contributed by atoms with E-state index >= 15 is 0 Å². The first-order chi connectivity index (χ1) is 15.8. The number of carbonyl (C=O) groups excluding carboxylic acids is 4. The lowest BCUT2D eigenvalue weighted by Crippen LogP contribution is -2.52. The topological polar surface area (TPSA) is 99.2 Å². The van der Waals surface area contributed by atoms with Gasteiger partial charge >= 0.3 is 11.9 Å². The number of fused-ring (bicyclic) bond motifs is 5. The van der Waals surface area contributed by atoms with E-state index in [0.717, 1.165) is 11.1 Å². The number of benzene rings is 2. The van der Waals surface area contributed by atoms with Gasteiger partial charge in [0.2, 0.25) is 11.8 Å². The largest absolute Gasteiger partial charge is 0.422 e. The van der Waals surface area contributed by atoms with E-state index in [2.05, 4.69) is 0 Å². The summed E-state index contributed by atoms with van der Waals surface area (Å²) in [7, 11) is 0. The van der Waals surface area contributed by atoms with Gasteiger partial charge in [-0.2, -0.15) is 0 Å². The van der Waals surface area contributed by atoms with Crippen LogP contribution in [0.5, 0.6) is 0 Å². The van der Waals surface area contributed by atoms with Crippen LogP contribution >= 0.6 is 0 Å². The molecule has 3 heterocycles. The van der Waals surface area contributed by atoms with Crippen molar-refractivity contribution in [3.8, 4) is 11.1 Å². The third-order valence-corrected chi connectivity index (χ3v) is 6.22. The van der Waals surface area contributed by atoms with E-state index in [4.69, 9.17) is 14.2 Å². The summed E-state index contributed by atoms with van der Waals surface area (Å²) in [5, 5.41) is 0. The van der Waals surface area contributed by atoms with Crippen LogP contribution in [0.2, 0.25) is 0 Å². The first-order valence-electron chi connectivity index (χ1n) is 10.6. The highest BCUT2D eigenvalue weighted by atomic mass is 16.7. The van der Waals surface area contributed by atoms with Crippen LogP contribution in [-0.2, 0) is 33.4 Å². The fraction of sp³-hybridized carbons (Fsp3) is 0.280. The van der Waals surface area contributed by atoms with E-state index < -0.39 is 53.6 Å². The highest BCUT2D eigenvalue weighted by Gasteiger charge is 2.72. The predicted octanol–water partition coefficient (Wildman–Crippen LogP) is 2.62. The molecule has 2 saturated heterocycles. The number of nitrogens with zero attached hydrogens (tertiary/aromatic N) is 1. The highest BCUT2D eigenvalue weighted by Crippen LogP contribution is 2.55. The number of para-hydroxylation sites is 1. The van der Waals surface area contributed by atoms with Crippen LogP contribution in [0.3, 0.4) is 0 Å². The summed E-state index contributed by atoms with van der Waals surface area (Å²) >= 11 is 0. The van der Waals surface area contributed by atoms with Crippen molar-refractivity contribution in [3.63, 3.8) is 0 Å². The third kappa shape index (κ3) is 3.17. The smallest absolute Gasteiger partial charge is 0.305 e. The van der Waals surface area contributed by atoms with Crippen molar-refractivity contribution in [1.82, 2.24) is 0 Å². The Morgan fingerprint density at radius 2 is 1.58 bits per heavy atom. The maximum absolute atomic E-state index is 13.8. The van der Waals surface area contributed by atoms with E-state index in [1.54, 1.807) is 24.3 Å². The molecule has 2 amide bonds. The quantitative estimate of drug-likeness (QED) is 0.301. The number of hydrogen-bond donors (Lipinski definition) is 0. The molecule has 0 saturated carbocycles. The summed E-state index contributed by atoms with van der Waals surface area (Å²) in [5.41, 5.74) is 0.469. The first-order valence-corrected chi connectivity index (χ1v) is 10.6. The van der Waals surface area contributed by atoms with Gasteiger partial charge in [-0.1, -0.05) is 54.6 Å². The molecule has 0 aliphatic carbocycles. The second-order valence-corrected chi connectivity index (χ2v) is 8.24. The third-order valence-electron chi connectivity index (χ3n) is 6.22. The second-order valence-electron chi connectivity index (χ2n) is 8.24. The Labute approximate surface area is 189 Å². The van der Waals surface area contributed by atoms with Crippen LogP contribution in [0.15, 0.2) is 66.7 Å². The Hall–Kier alpha value is -3.78. The summed E-state index contributed by atoms with van der Waals surface area (Å²) in [6.45, 7) is 2.33. The number of ether oxygens (including phenoxy) is 3. The summed E-state index contributed by atoms with van der Waals surface area (Å²) in [6.07, 6.45) is 1.02. The fourth-order valence-electron chi connectivity index (χ4n) is 4.98. The molecule has 4 atom stereocenters. The number of imide groups is 1. The molecule has 2 aromatic rings. The molecule has 3 aliphatic rings. The molecule has 0 spiro atoms. The van der Waals surface area contributed by atoms with Crippen molar-refractivity contribution >= 4 is 29.4 Å². The molecule has 2 fully saturated rings. The average Bonchev–Trinajstić information content (AvgIpc) is 3.44. The van der Waals surface area contributed by atoms with Crippen molar-refractivity contribution in [2.75, 3.05) is 4.90 Å². The number of carbonyl (C=O) groups is 4. The predicted molar refractivity (Wildman–Crippen MR) is 115 cm³/mol. The lowest BCUT2D eigenvalue weighted by molar-refractivity contribution is -0.226. The van der Waals surface area contributed by atoms with Crippen LogP contribution in [0.1, 0.15) is 13.8 Å². The molecule has 5 rings (SSSR count). The Morgan fingerprint density at radius 3 is 2.24 bits per heavy atom. The molecule has 8 heteroatoms. The zero-order valence-electron chi connectivity index (χ0n) is 18.0. The number of anilines is 1. The van der Waals surface area contributed by atoms with E-state index in [1.807, 2.05) is 42.5 Å². The molecule has 0 N–H and O–H groups in total. The van der Waals surface area contributed by atoms with Crippen molar-refractivity contribution in [2.24, 2.45) is 11.8 Å². The van der Waals surface area contributed by atoms with E-state index in [-0.39, 0.29) is 0 Å². The second kappa shape index (κ2) is 7.67. The molecular weight excluding hydrogens is 426 g/mol. The normalized spacial score (nSPS) is 27.2. The summed E-state index contributed by atoms with van der Waals surface area (Å²) in [5.74, 6) is -4.14. The SMILES string of the molecule is CC(=O)OC(OC(C)=O)C12C=CC(O1)C1C(=O)N(c3ccccc3-c3ccccc3)C(=O)C12. The molecule has 168 valence electrons. The Balaban J connectivity index is 1.58. The Bertz CT molecular complexity index is 1170. The Kier molecular flexibility index (Phi) is 4.90. The van der Waals surface area contributed by atoms with Gasteiger partial charge < -0.3 is 14.2 Å². The van der Waals surface area contributed by atoms with Gasteiger partial charge in [0.1, 0.15) is 0 Å². The lowest BCUT2D eigenvalue weighted by Gasteiger charge is -2.34. The van der Waals surface area contributed by atoms with Gasteiger partial charge in [0.25, 0.3) is 6.29 Å². The van der Waals surface area contributed by atoms with Crippen LogP contribution in [0.25, 0.3) is 11.1 Å². The van der Waals surface area contributed by atoms with E-state index in [9.17, 15) is 19.2 Å². The van der Waals surface area contributed by atoms with Gasteiger partial charge in [-0.05, 0) is 17.7 Å². The highest BCUT2D eigenvalue weighted by molar-refractivity contribution is 6.24. The van der Waals surface area contributed by atoms with Gasteiger partial charge in [-0.15, -0.1) is 0 Å². The number of rotatable bonds is 5. The summed E-state index contributed by atoms with van der Waals surface area (Å²) < 4.78 is 16.5. The molecular formula is C25H21NO7. The van der Waals surface area contributed by atoms with Crippen molar-refractivity contribution in [2.45, 2.75) is 31.8 Å². The summed E-state index contributed by atoms with van der Waals surface area (Å²) in [6, 6.07) is 16.6. The van der Waals surface area contributed by atoms with Crippen LogP contribution in [0, 0.1) is 11.8 Å². The maximum Gasteiger partial charge on any atom is 0.305 e. The minimum absolute atomic E-state index is 0.408. The standard InChI is InChI=1S/C25H21NO7/c1-14(27)31-24(32-15(2)28)25-13-12-19(33-25)20-21(25)23(30)26(22(20)29)18-11-7-6-10-17(18)16-8-4-3-5-9-16/h3-13,19-21,24H,1-2H3. The van der Waals surface area contributed by atoms with Crippen molar-refractivity contribution in [1.29, 1.82) is 0 Å². The van der Waals surface area contributed by atoms with Crippen LogP contribution < -0.4 is 4.90 Å². The summed E-state index contributed by atoms with van der Waals surface area (Å²) in [4.78, 5) is 52.0. The van der Waals surface area contributed by atoms with Crippen molar-refractivity contribution in [3.05, 3.63) is 66.7 Å². The molecule has 33 heavy (non-hydrogen) atoms.